The molecule has 1 aliphatic carbocycles. The molecule has 4 aliphatic rings. The molecule has 1 aromatic carbocycles. The minimum absolute atomic E-state index is 0.0488. The number of benzene rings is 1. The molecule has 4 fully saturated rings. The number of esters is 2. The SMILES string of the molecule is CCOC(=O)[C@@H]1CN(CCCc2nc3ccccc3n(C3C[C@H]4CC[C@@H](C3)N4C3CCCCCCC3)c2=O)C[C@H]1C(=O)OCC. The molecule has 9 heteroatoms. The molecule has 2 aromatic rings. The van der Waals surface area contributed by atoms with Crippen molar-refractivity contribution in [3.63, 3.8) is 0 Å². The van der Waals surface area contributed by atoms with E-state index in [2.05, 4.69) is 20.4 Å². The number of para-hydroxylation sites is 2. The number of aryl methyl sites for hydroxylation is 1. The molecular formula is C36H52N4O5. The van der Waals surface area contributed by atoms with E-state index in [0.29, 0.717) is 49.9 Å². The monoisotopic (exact) mass is 620 g/mol. The quantitative estimate of drug-likeness (QED) is 0.331. The third-order valence-electron chi connectivity index (χ3n) is 11.0. The van der Waals surface area contributed by atoms with Gasteiger partial charge in [0.1, 0.15) is 5.69 Å². The molecule has 6 rings (SSSR count). The van der Waals surface area contributed by atoms with Crippen molar-refractivity contribution in [2.45, 2.75) is 121 Å². The van der Waals surface area contributed by atoms with Crippen LogP contribution in [0, 0.1) is 11.8 Å². The van der Waals surface area contributed by atoms with Crippen LogP contribution in [0.5, 0.6) is 0 Å². The van der Waals surface area contributed by atoms with E-state index >= 15 is 0 Å². The van der Waals surface area contributed by atoms with Crippen LogP contribution in [0.3, 0.4) is 0 Å². The topological polar surface area (TPSA) is 94.0 Å². The van der Waals surface area contributed by atoms with Crippen LogP contribution in [-0.4, -0.2) is 82.3 Å². The van der Waals surface area contributed by atoms with Gasteiger partial charge in [-0.05, 0) is 83.9 Å². The maximum absolute atomic E-state index is 14.2. The Labute approximate surface area is 267 Å². The highest BCUT2D eigenvalue weighted by atomic mass is 16.5. The molecule has 1 saturated carbocycles. The van der Waals surface area contributed by atoms with Crippen LogP contribution in [0.4, 0.5) is 0 Å². The number of nitrogens with zero attached hydrogens (tertiary/aromatic N) is 4. The van der Waals surface area contributed by atoms with Gasteiger partial charge in [0.05, 0.1) is 36.1 Å². The molecule has 1 aromatic heterocycles. The standard InChI is InChI=1S/C36H52N4O5/c1-3-44-35(42)29-23-38(24-30(29)36(43)45-4-2)20-12-16-32-34(41)40(33-17-11-10-15-31(33)37-32)28-21-26-18-19-27(22-28)39(26)25-13-8-6-5-7-9-14-25/h10-11,15,17,25-30H,3-9,12-14,16,18-24H2,1-2H3/t26-,27+,28?,29-,30-/m1/s1. The fourth-order valence-corrected chi connectivity index (χ4v) is 8.97. The predicted octanol–water partition coefficient (Wildman–Crippen LogP) is 5.28. The number of likely N-dealkylation sites (tertiary alicyclic amines) is 1. The molecule has 246 valence electrons. The first kappa shape index (κ1) is 32.2. The van der Waals surface area contributed by atoms with Gasteiger partial charge < -0.3 is 18.9 Å². The van der Waals surface area contributed by atoms with E-state index < -0.39 is 11.8 Å². The Balaban J connectivity index is 1.16. The van der Waals surface area contributed by atoms with Crippen LogP contribution in [0.25, 0.3) is 11.0 Å². The molecule has 2 bridgehead atoms. The minimum Gasteiger partial charge on any atom is -0.466 e. The zero-order chi connectivity index (χ0) is 31.3. The lowest BCUT2D eigenvalue weighted by atomic mass is 9.89. The van der Waals surface area contributed by atoms with Crippen molar-refractivity contribution in [3.8, 4) is 0 Å². The van der Waals surface area contributed by atoms with E-state index in [1.54, 1.807) is 13.8 Å². The van der Waals surface area contributed by atoms with Crippen LogP contribution >= 0.6 is 0 Å². The van der Waals surface area contributed by atoms with Gasteiger partial charge in [-0.1, -0.05) is 44.2 Å². The molecule has 9 nitrogen and oxygen atoms in total. The Kier molecular flexibility index (Phi) is 10.6. The minimum atomic E-state index is -0.524. The Morgan fingerprint density at radius 2 is 1.40 bits per heavy atom. The molecule has 1 unspecified atom stereocenters. The maximum atomic E-state index is 14.2. The van der Waals surface area contributed by atoms with Crippen molar-refractivity contribution >= 4 is 23.0 Å². The molecule has 3 saturated heterocycles. The summed E-state index contributed by atoms with van der Waals surface area (Å²) in [6.07, 6.45) is 15.4. The molecule has 0 spiro atoms. The number of rotatable bonds is 10. The number of piperidine rings is 1. The second-order valence-electron chi connectivity index (χ2n) is 13.8. The molecule has 0 N–H and O–H groups in total. The highest BCUT2D eigenvalue weighted by molar-refractivity contribution is 5.83. The molecule has 3 aliphatic heterocycles. The summed E-state index contributed by atoms with van der Waals surface area (Å²) in [7, 11) is 0. The van der Waals surface area contributed by atoms with Gasteiger partial charge in [-0.3, -0.25) is 19.3 Å². The van der Waals surface area contributed by atoms with Gasteiger partial charge in [-0.2, -0.15) is 0 Å². The second kappa shape index (κ2) is 14.8. The van der Waals surface area contributed by atoms with Crippen molar-refractivity contribution in [2.24, 2.45) is 11.8 Å². The van der Waals surface area contributed by atoms with E-state index in [4.69, 9.17) is 14.5 Å². The number of hydrogen-bond donors (Lipinski definition) is 0. The number of hydrogen-bond acceptors (Lipinski definition) is 8. The molecule has 0 amide bonds. The van der Waals surface area contributed by atoms with Gasteiger partial charge in [0.15, 0.2) is 0 Å². The summed E-state index contributed by atoms with van der Waals surface area (Å²) >= 11 is 0. The summed E-state index contributed by atoms with van der Waals surface area (Å²) in [6.45, 7) is 5.71. The first-order valence-corrected chi connectivity index (χ1v) is 17.8. The van der Waals surface area contributed by atoms with Crippen LogP contribution in [0.15, 0.2) is 29.1 Å². The van der Waals surface area contributed by atoms with E-state index in [1.807, 2.05) is 18.2 Å². The number of fused-ring (bicyclic) bond motifs is 3. The average molecular weight is 621 g/mol. The fraction of sp³-hybridized carbons (Fsp3) is 0.722. The third kappa shape index (κ3) is 6.99. The van der Waals surface area contributed by atoms with Crippen molar-refractivity contribution in [3.05, 3.63) is 40.3 Å². The smallest absolute Gasteiger partial charge is 0.311 e. The summed E-state index contributed by atoms with van der Waals surface area (Å²) in [5, 5.41) is 0. The summed E-state index contributed by atoms with van der Waals surface area (Å²) < 4.78 is 12.6. The Morgan fingerprint density at radius 3 is 2.02 bits per heavy atom. The van der Waals surface area contributed by atoms with Crippen molar-refractivity contribution < 1.29 is 19.1 Å². The van der Waals surface area contributed by atoms with E-state index in [-0.39, 0.29) is 36.8 Å². The molecule has 45 heavy (non-hydrogen) atoms. The van der Waals surface area contributed by atoms with E-state index in [1.165, 1.54) is 57.8 Å². The molecule has 5 atom stereocenters. The lowest BCUT2D eigenvalue weighted by Crippen LogP contribution is -2.50. The van der Waals surface area contributed by atoms with Crippen LogP contribution in [-0.2, 0) is 25.5 Å². The van der Waals surface area contributed by atoms with Crippen molar-refractivity contribution in [2.75, 3.05) is 32.8 Å². The van der Waals surface area contributed by atoms with Gasteiger partial charge in [0.2, 0.25) is 0 Å². The lowest BCUT2D eigenvalue weighted by Gasteiger charge is -2.45. The Morgan fingerprint density at radius 1 is 0.800 bits per heavy atom. The highest BCUT2D eigenvalue weighted by Gasteiger charge is 2.45. The normalized spacial score (nSPS) is 28.2. The van der Waals surface area contributed by atoms with Crippen molar-refractivity contribution in [1.29, 1.82) is 0 Å². The van der Waals surface area contributed by atoms with Gasteiger partial charge >= 0.3 is 11.9 Å². The second-order valence-corrected chi connectivity index (χ2v) is 13.8. The zero-order valence-electron chi connectivity index (χ0n) is 27.3. The van der Waals surface area contributed by atoms with Crippen LogP contribution < -0.4 is 5.56 Å². The number of carbonyl (C=O) groups is 2. The molecule has 0 radical (unpaired) electrons. The predicted molar refractivity (Wildman–Crippen MR) is 174 cm³/mol. The van der Waals surface area contributed by atoms with Crippen LogP contribution in [0.2, 0.25) is 0 Å². The first-order valence-electron chi connectivity index (χ1n) is 17.8. The average Bonchev–Trinajstić information content (AvgIpc) is 3.55. The van der Waals surface area contributed by atoms with Gasteiger partial charge in [0.25, 0.3) is 5.56 Å². The summed E-state index contributed by atoms with van der Waals surface area (Å²) in [4.78, 5) is 49.4. The summed E-state index contributed by atoms with van der Waals surface area (Å²) in [6, 6.07) is 10.1. The summed E-state index contributed by atoms with van der Waals surface area (Å²) in [5.41, 5.74) is 2.50. The van der Waals surface area contributed by atoms with Crippen LogP contribution in [0.1, 0.15) is 103 Å². The third-order valence-corrected chi connectivity index (χ3v) is 11.0. The first-order chi connectivity index (χ1) is 22.0. The lowest BCUT2D eigenvalue weighted by molar-refractivity contribution is -0.157. The number of carbonyl (C=O) groups excluding carboxylic acids is 2. The van der Waals surface area contributed by atoms with E-state index in [9.17, 15) is 14.4 Å². The zero-order valence-corrected chi connectivity index (χ0v) is 27.3. The number of aromatic nitrogens is 2. The maximum Gasteiger partial charge on any atom is 0.311 e. The van der Waals surface area contributed by atoms with Gasteiger partial charge in [-0.25, -0.2) is 4.98 Å². The number of ether oxygens (including phenoxy) is 2. The Hall–Kier alpha value is -2.78. The largest absolute Gasteiger partial charge is 0.466 e. The van der Waals surface area contributed by atoms with Gasteiger partial charge in [-0.15, -0.1) is 0 Å². The van der Waals surface area contributed by atoms with Gasteiger partial charge in [0, 0.05) is 37.3 Å². The Bertz CT molecular complexity index is 1350. The highest BCUT2D eigenvalue weighted by Crippen LogP contribution is 2.44. The van der Waals surface area contributed by atoms with Crippen molar-refractivity contribution in [1.82, 2.24) is 19.4 Å². The fourth-order valence-electron chi connectivity index (χ4n) is 8.97. The van der Waals surface area contributed by atoms with E-state index in [0.717, 1.165) is 30.3 Å². The molecular weight excluding hydrogens is 568 g/mol. The molecule has 4 heterocycles. The summed E-state index contributed by atoms with van der Waals surface area (Å²) in [5.74, 6) is -1.73.